The molecule has 0 bridgehead atoms. The summed E-state index contributed by atoms with van der Waals surface area (Å²) in [6, 6.07) is 16.8. The predicted octanol–water partition coefficient (Wildman–Crippen LogP) is 6.58. The van der Waals surface area contributed by atoms with Crippen LogP contribution in [-0.4, -0.2) is 22.6 Å². The molecule has 0 spiro atoms. The molecule has 1 aliphatic heterocycles. The Morgan fingerprint density at radius 1 is 0.964 bits per heavy atom. The summed E-state index contributed by atoms with van der Waals surface area (Å²) < 4.78 is 56.0. The Morgan fingerprint density at radius 2 is 1.61 bits per heavy atom. The number of benzene rings is 2. The molecule has 2 aromatic rings. The number of hydrogen-bond acceptors (Lipinski definition) is 1. The number of aliphatic imine (C=N–C) groups is 1. The van der Waals surface area contributed by atoms with Crippen LogP contribution in [-0.2, 0) is 5.41 Å². The largest absolute Gasteiger partial charge is 0.384 e. The minimum Gasteiger partial charge on any atom is -0.276 e. The lowest BCUT2D eigenvalue weighted by atomic mass is 9.63. The molecule has 148 valence electrons. The third kappa shape index (κ3) is 2.78. The summed E-state index contributed by atoms with van der Waals surface area (Å²) in [7, 11) is 0. The van der Waals surface area contributed by atoms with Gasteiger partial charge in [-0.15, -0.1) is 0 Å². The van der Waals surface area contributed by atoms with Gasteiger partial charge in [0.05, 0.1) is 11.3 Å². The van der Waals surface area contributed by atoms with Crippen LogP contribution >= 0.6 is 11.6 Å². The monoisotopic (exact) mass is 409 g/mol. The zero-order valence-electron chi connectivity index (χ0n) is 15.4. The second-order valence-electron chi connectivity index (χ2n) is 7.97. The molecule has 0 saturated heterocycles. The first-order valence-electron chi connectivity index (χ1n) is 9.29. The third-order valence-electron chi connectivity index (χ3n) is 6.37. The van der Waals surface area contributed by atoms with E-state index in [1.54, 1.807) is 0 Å². The Morgan fingerprint density at radius 3 is 2.29 bits per heavy atom. The lowest BCUT2D eigenvalue weighted by Gasteiger charge is -2.47. The van der Waals surface area contributed by atoms with Gasteiger partial charge in [-0.1, -0.05) is 67.9 Å². The van der Waals surface area contributed by atoms with Gasteiger partial charge in [-0.25, -0.2) is 0 Å². The standard InChI is InChI=1S/C22H20ClF4N/c1-19-12-7-13-20(19,14-21(24,25)22(23,26)27)28-18(15-8-3-2-4-9-15)16-10-5-6-11-17(16)19/h2-6,8-11H,7,12-14H2,1H3. The van der Waals surface area contributed by atoms with Crippen LogP contribution in [0.4, 0.5) is 17.6 Å². The van der Waals surface area contributed by atoms with Crippen molar-refractivity contribution in [2.45, 2.75) is 54.9 Å². The first kappa shape index (κ1) is 19.4. The van der Waals surface area contributed by atoms with E-state index in [1.807, 2.05) is 61.5 Å². The lowest BCUT2D eigenvalue weighted by molar-refractivity contribution is -0.172. The topological polar surface area (TPSA) is 12.4 Å². The van der Waals surface area contributed by atoms with Crippen molar-refractivity contribution in [3.8, 4) is 0 Å². The number of alkyl halides is 5. The van der Waals surface area contributed by atoms with Crippen molar-refractivity contribution < 1.29 is 17.6 Å². The Kier molecular flexibility index (Phi) is 4.38. The van der Waals surface area contributed by atoms with Crippen LogP contribution in [0.15, 0.2) is 59.6 Å². The van der Waals surface area contributed by atoms with Crippen molar-refractivity contribution in [2.75, 3.05) is 0 Å². The molecule has 6 heteroatoms. The summed E-state index contributed by atoms with van der Waals surface area (Å²) in [6.45, 7) is 1.87. The van der Waals surface area contributed by atoms with Gasteiger partial charge in [-0.2, -0.15) is 17.6 Å². The lowest BCUT2D eigenvalue weighted by Crippen LogP contribution is -2.54. The molecule has 2 aromatic carbocycles. The Bertz CT molecular complexity index is 922. The molecule has 1 nitrogen and oxygen atoms in total. The van der Waals surface area contributed by atoms with Crippen LogP contribution in [0.3, 0.4) is 0 Å². The van der Waals surface area contributed by atoms with E-state index in [-0.39, 0.29) is 0 Å². The molecular weight excluding hydrogens is 390 g/mol. The summed E-state index contributed by atoms with van der Waals surface area (Å²) in [4.78, 5) is 4.80. The fourth-order valence-electron chi connectivity index (χ4n) is 4.86. The van der Waals surface area contributed by atoms with Crippen LogP contribution in [0, 0.1) is 0 Å². The van der Waals surface area contributed by atoms with E-state index in [1.165, 1.54) is 0 Å². The number of halogens is 5. The second-order valence-corrected chi connectivity index (χ2v) is 8.44. The van der Waals surface area contributed by atoms with E-state index in [9.17, 15) is 17.6 Å². The van der Waals surface area contributed by atoms with Crippen LogP contribution in [0.2, 0.25) is 0 Å². The fraction of sp³-hybridized carbons (Fsp3) is 0.409. The van der Waals surface area contributed by atoms with Gasteiger partial charge < -0.3 is 0 Å². The van der Waals surface area contributed by atoms with E-state index in [0.717, 1.165) is 16.7 Å². The van der Waals surface area contributed by atoms with E-state index in [4.69, 9.17) is 16.6 Å². The smallest absolute Gasteiger partial charge is 0.276 e. The minimum atomic E-state index is -4.62. The van der Waals surface area contributed by atoms with Crippen LogP contribution in [0.25, 0.3) is 0 Å². The average Bonchev–Trinajstić information content (AvgIpc) is 2.97. The van der Waals surface area contributed by atoms with E-state index in [0.29, 0.717) is 25.0 Å². The van der Waals surface area contributed by atoms with Gasteiger partial charge in [0.2, 0.25) is 0 Å². The number of hydrogen-bond donors (Lipinski definition) is 0. The molecular formula is C22H20ClF4N. The third-order valence-corrected chi connectivity index (χ3v) is 6.65. The van der Waals surface area contributed by atoms with Crippen LogP contribution in [0.5, 0.6) is 0 Å². The maximum atomic E-state index is 14.5. The summed E-state index contributed by atoms with van der Waals surface area (Å²) >= 11 is 4.80. The highest BCUT2D eigenvalue weighted by Crippen LogP contribution is 2.59. The predicted molar refractivity (Wildman–Crippen MR) is 103 cm³/mol. The summed E-state index contributed by atoms with van der Waals surface area (Å²) in [6.07, 6.45) is 0.480. The van der Waals surface area contributed by atoms with Crippen molar-refractivity contribution in [3.63, 3.8) is 0 Å². The zero-order valence-corrected chi connectivity index (χ0v) is 16.1. The van der Waals surface area contributed by atoms with Crippen LogP contribution < -0.4 is 0 Å². The van der Waals surface area contributed by atoms with Gasteiger partial charge in [0, 0.05) is 23.0 Å². The van der Waals surface area contributed by atoms with Gasteiger partial charge in [-0.3, -0.25) is 4.99 Å². The maximum absolute atomic E-state index is 14.5. The van der Waals surface area contributed by atoms with Crippen molar-refractivity contribution in [3.05, 3.63) is 71.3 Å². The molecule has 0 amide bonds. The quantitative estimate of drug-likeness (QED) is 0.399. The van der Waals surface area contributed by atoms with Gasteiger partial charge in [-0.05, 0) is 30.0 Å². The molecule has 28 heavy (non-hydrogen) atoms. The normalized spacial score (nSPS) is 27.1. The minimum absolute atomic E-state index is 0.316. The zero-order chi connectivity index (χ0) is 20.2. The highest BCUT2D eigenvalue weighted by molar-refractivity contribution is 6.22. The van der Waals surface area contributed by atoms with Gasteiger partial charge in [0.1, 0.15) is 0 Å². The summed E-state index contributed by atoms with van der Waals surface area (Å²) in [5.74, 6) is -4.36. The number of fused-ring (bicyclic) bond motifs is 3. The fourth-order valence-corrected chi connectivity index (χ4v) is 4.93. The van der Waals surface area contributed by atoms with Crippen molar-refractivity contribution in [1.29, 1.82) is 0 Å². The Balaban J connectivity index is 1.95. The molecule has 1 fully saturated rings. The molecule has 0 N–H and O–H groups in total. The molecule has 2 aliphatic rings. The average molecular weight is 410 g/mol. The first-order valence-corrected chi connectivity index (χ1v) is 9.67. The summed E-state index contributed by atoms with van der Waals surface area (Å²) in [5.41, 5.74) is 1.01. The number of nitrogens with zero attached hydrogens (tertiary/aromatic N) is 1. The molecule has 0 radical (unpaired) electrons. The van der Waals surface area contributed by atoms with Gasteiger partial charge in [0.25, 0.3) is 0 Å². The first-order chi connectivity index (χ1) is 13.1. The maximum Gasteiger partial charge on any atom is 0.384 e. The van der Waals surface area contributed by atoms with Crippen molar-refractivity contribution >= 4 is 17.3 Å². The molecule has 2 atom stereocenters. The van der Waals surface area contributed by atoms with Gasteiger partial charge >= 0.3 is 11.3 Å². The molecule has 1 aliphatic carbocycles. The summed E-state index contributed by atoms with van der Waals surface area (Å²) in [5, 5.41) is -4.62. The Labute approximate surface area is 166 Å². The molecule has 1 heterocycles. The van der Waals surface area contributed by atoms with Crippen molar-refractivity contribution in [2.24, 2.45) is 4.99 Å². The van der Waals surface area contributed by atoms with E-state index in [2.05, 4.69) is 0 Å². The highest BCUT2D eigenvalue weighted by atomic mass is 35.5. The highest BCUT2D eigenvalue weighted by Gasteiger charge is 2.65. The Hall–Kier alpha value is -1.88. The number of rotatable bonds is 4. The van der Waals surface area contributed by atoms with E-state index < -0.39 is 28.7 Å². The molecule has 4 rings (SSSR count). The van der Waals surface area contributed by atoms with Gasteiger partial charge in [0.15, 0.2) is 0 Å². The second kappa shape index (κ2) is 6.31. The molecule has 0 aromatic heterocycles. The SMILES string of the molecule is CC12CCCC1(CC(F)(F)C(F)(F)Cl)N=C(c1ccccc1)c1ccccc12. The van der Waals surface area contributed by atoms with Crippen LogP contribution in [0.1, 0.15) is 49.3 Å². The molecule has 1 saturated carbocycles. The molecule has 2 unspecified atom stereocenters. The van der Waals surface area contributed by atoms with Crippen molar-refractivity contribution in [1.82, 2.24) is 0 Å². The van der Waals surface area contributed by atoms with E-state index >= 15 is 0 Å².